The Balaban J connectivity index is 2.49. The van der Waals surface area contributed by atoms with Gasteiger partial charge in [0.05, 0.1) is 0 Å². The maximum absolute atomic E-state index is 5.49. The minimum atomic E-state index is 0.805. The molecule has 0 radical (unpaired) electrons. The van der Waals surface area contributed by atoms with Crippen LogP contribution in [0.25, 0.3) is 0 Å². The lowest BCUT2D eigenvalue weighted by Gasteiger charge is -2.20. The number of hydrogen-bond donors (Lipinski definition) is 0. The summed E-state index contributed by atoms with van der Waals surface area (Å²) in [5.41, 5.74) is 1.73. The molecular formula is C11H19N3S4. The van der Waals surface area contributed by atoms with Crippen molar-refractivity contribution in [1.82, 2.24) is 13.9 Å². The Kier molecular flexibility index (Phi) is 9.00. The summed E-state index contributed by atoms with van der Waals surface area (Å²) in [5, 5.41) is 8.75. The molecule has 0 saturated heterocycles. The van der Waals surface area contributed by atoms with Gasteiger partial charge in [0.1, 0.15) is 5.51 Å². The third-order valence-electron chi connectivity index (χ3n) is 2.12. The normalized spacial score (nSPS) is 10.6. The highest BCUT2D eigenvalue weighted by atomic mass is 32.2. The van der Waals surface area contributed by atoms with E-state index in [1.807, 2.05) is 0 Å². The average molecular weight is 322 g/mol. The molecule has 0 fully saturated rings. The van der Waals surface area contributed by atoms with Crippen LogP contribution in [0.3, 0.4) is 0 Å². The third kappa shape index (κ3) is 5.86. The van der Waals surface area contributed by atoms with E-state index in [2.05, 4.69) is 27.8 Å². The summed E-state index contributed by atoms with van der Waals surface area (Å²) in [5.74, 6) is 2.21. The molecule has 1 aromatic heterocycles. The second-order valence-electron chi connectivity index (χ2n) is 3.68. The zero-order valence-electron chi connectivity index (χ0n) is 10.8. The molecule has 0 amide bonds. The average Bonchev–Trinajstić information content (AvgIpc) is 2.90. The van der Waals surface area contributed by atoms with E-state index in [4.69, 9.17) is 12.2 Å². The Morgan fingerprint density at radius 2 is 1.89 bits per heavy atom. The van der Waals surface area contributed by atoms with Gasteiger partial charge in [-0.3, -0.25) is 0 Å². The molecule has 0 bridgehead atoms. The second kappa shape index (κ2) is 10.00. The van der Waals surface area contributed by atoms with Crippen molar-refractivity contribution in [2.75, 3.05) is 11.5 Å². The maximum atomic E-state index is 5.49. The molecule has 0 aromatic carbocycles. The van der Waals surface area contributed by atoms with Crippen LogP contribution in [0.1, 0.15) is 44.5 Å². The summed E-state index contributed by atoms with van der Waals surface area (Å²) in [6.45, 7) is 4.41. The number of aromatic nitrogens is 2. The summed E-state index contributed by atoms with van der Waals surface area (Å²) in [4.78, 5) is 0.805. The van der Waals surface area contributed by atoms with E-state index >= 15 is 0 Å². The highest BCUT2D eigenvalue weighted by Gasteiger charge is 2.15. The van der Waals surface area contributed by atoms with Crippen molar-refractivity contribution < 1.29 is 0 Å². The highest BCUT2D eigenvalue weighted by molar-refractivity contribution is 8.13. The molecule has 0 spiro atoms. The van der Waals surface area contributed by atoms with Gasteiger partial charge in [0.25, 0.3) is 0 Å². The third-order valence-corrected chi connectivity index (χ3v) is 5.97. The van der Waals surface area contributed by atoms with E-state index in [-0.39, 0.29) is 0 Å². The van der Waals surface area contributed by atoms with Crippen LogP contribution in [0.2, 0.25) is 0 Å². The first-order valence-corrected chi connectivity index (χ1v) is 9.33. The molecule has 0 saturated carbocycles. The van der Waals surface area contributed by atoms with Crippen LogP contribution in [-0.2, 0) is 0 Å². The van der Waals surface area contributed by atoms with Gasteiger partial charge in [-0.15, -0.1) is 10.2 Å². The Labute approximate surface area is 127 Å². The SMILES string of the molecule is CCCCSN(SCCCC)C(=S)c1nncs1. The molecule has 18 heavy (non-hydrogen) atoms. The fourth-order valence-electron chi connectivity index (χ4n) is 1.08. The van der Waals surface area contributed by atoms with Crippen molar-refractivity contribution in [3.63, 3.8) is 0 Å². The molecule has 0 N–H and O–H groups in total. The topological polar surface area (TPSA) is 29.0 Å². The van der Waals surface area contributed by atoms with E-state index in [1.165, 1.54) is 37.0 Å². The molecule has 102 valence electrons. The Morgan fingerprint density at radius 1 is 1.28 bits per heavy atom. The molecule has 1 rings (SSSR count). The van der Waals surface area contributed by atoms with Gasteiger partial charge in [-0.25, -0.2) is 3.71 Å². The maximum Gasteiger partial charge on any atom is 0.176 e. The van der Waals surface area contributed by atoms with E-state index < -0.39 is 0 Å². The summed E-state index contributed by atoms with van der Waals surface area (Å²) in [6, 6.07) is 0. The highest BCUT2D eigenvalue weighted by Crippen LogP contribution is 2.27. The van der Waals surface area contributed by atoms with Crippen molar-refractivity contribution in [3.8, 4) is 0 Å². The van der Waals surface area contributed by atoms with Crippen LogP contribution in [0.5, 0.6) is 0 Å². The van der Waals surface area contributed by atoms with Gasteiger partial charge in [0, 0.05) is 11.5 Å². The molecule has 0 unspecified atom stereocenters. The molecule has 7 heteroatoms. The lowest BCUT2D eigenvalue weighted by molar-refractivity contribution is 0.883. The number of thiocarbonyl (C=S) groups is 1. The molecular weight excluding hydrogens is 302 g/mol. The standard InChI is InChI=1S/C11H19N3S4/c1-3-5-7-17-14(18-8-6-4-2)11(15)10-13-12-9-16-10/h9H,3-8H2,1-2H3. The molecule has 0 aliphatic heterocycles. The summed E-state index contributed by atoms with van der Waals surface area (Å²) < 4.78 is 2.14. The van der Waals surface area contributed by atoms with Gasteiger partial charge in [-0.2, -0.15) is 0 Å². The van der Waals surface area contributed by atoms with Gasteiger partial charge in [0.2, 0.25) is 0 Å². The first kappa shape index (κ1) is 16.2. The molecule has 1 heterocycles. The lowest BCUT2D eigenvalue weighted by Crippen LogP contribution is -2.17. The van der Waals surface area contributed by atoms with E-state index in [1.54, 1.807) is 29.4 Å². The number of unbranched alkanes of at least 4 members (excludes halogenated alkanes) is 2. The summed E-state index contributed by atoms with van der Waals surface area (Å²) >= 11 is 10.6. The van der Waals surface area contributed by atoms with Gasteiger partial charge in [0.15, 0.2) is 10.00 Å². The minimum absolute atomic E-state index is 0.805. The number of rotatable bonds is 9. The Morgan fingerprint density at radius 3 is 2.33 bits per heavy atom. The smallest absolute Gasteiger partial charge is 0.176 e. The van der Waals surface area contributed by atoms with Gasteiger partial charge in [-0.1, -0.05) is 50.2 Å². The van der Waals surface area contributed by atoms with E-state index in [0.29, 0.717) is 0 Å². The zero-order chi connectivity index (χ0) is 13.2. The van der Waals surface area contributed by atoms with Crippen LogP contribution in [0.15, 0.2) is 5.51 Å². The first-order valence-electron chi connectivity index (χ1n) is 6.16. The number of hydrogen-bond acceptors (Lipinski definition) is 6. The van der Waals surface area contributed by atoms with Crippen LogP contribution >= 0.6 is 47.5 Å². The van der Waals surface area contributed by atoms with Crippen molar-refractivity contribution in [3.05, 3.63) is 10.5 Å². The second-order valence-corrected chi connectivity index (χ2v) is 7.19. The van der Waals surface area contributed by atoms with E-state index in [0.717, 1.165) is 21.5 Å². The number of nitrogens with zero attached hydrogens (tertiary/aromatic N) is 3. The molecule has 3 nitrogen and oxygen atoms in total. The zero-order valence-corrected chi connectivity index (χ0v) is 14.1. The molecule has 0 atom stereocenters. The molecule has 0 aliphatic carbocycles. The minimum Gasteiger partial charge on any atom is -0.245 e. The molecule has 0 aliphatic rings. The van der Waals surface area contributed by atoms with Crippen LogP contribution < -0.4 is 0 Å². The predicted molar refractivity (Wildman–Crippen MR) is 88.2 cm³/mol. The fourth-order valence-corrected chi connectivity index (χ4v) is 4.50. The summed E-state index contributed by atoms with van der Waals surface area (Å²) in [7, 11) is 0. The largest absolute Gasteiger partial charge is 0.245 e. The van der Waals surface area contributed by atoms with E-state index in [9.17, 15) is 0 Å². The van der Waals surface area contributed by atoms with Gasteiger partial charge in [-0.05, 0) is 36.7 Å². The van der Waals surface area contributed by atoms with Crippen LogP contribution in [-0.4, -0.2) is 30.4 Å². The van der Waals surface area contributed by atoms with Crippen molar-refractivity contribution in [2.24, 2.45) is 0 Å². The monoisotopic (exact) mass is 321 g/mol. The quantitative estimate of drug-likeness (QED) is 0.380. The molecule has 1 aromatic rings. The van der Waals surface area contributed by atoms with Gasteiger partial charge >= 0.3 is 0 Å². The van der Waals surface area contributed by atoms with Crippen LogP contribution in [0.4, 0.5) is 0 Å². The Hall–Kier alpha value is 0.150. The lowest BCUT2D eigenvalue weighted by atomic mass is 10.4. The fraction of sp³-hybridized carbons (Fsp3) is 0.727. The van der Waals surface area contributed by atoms with Crippen molar-refractivity contribution in [1.29, 1.82) is 0 Å². The van der Waals surface area contributed by atoms with Gasteiger partial charge < -0.3 is 0 Å². The Bertz CT molecular complexity index is 319. The predicted octanol–water partition coefficient (Wildman–Crippen LogP) is 4.41. The van der Waals surface area contributed by atoms with Crippen molar-refractivity contribution >= 4 is 52.4 Å². The first-order chi connectivity index (χ1) is 8.79. The van der Waals surface area contributed by atoms with Crippen LogP contribution in [0, 0.1) is 0 Å². The summed E-state index contributed by atoms with van der Waals surface area (Å²) in [6.07, 6.45) is 4.86. The van der Waals surface area contributed by atoms with Crippen molar-refractivity contribution in [2.45, 2.75) is 39.5 Å².